The summed E-state index contributed by atoms with van der Waals surface area (Å²) in [6.45, 7) is 13.1. The van der Waals surface area contributed by atoms with Gasteiger partial charge in [-0.25, -0.2) is 0 Å². The molecule has 2 rings (SSSR count). The number of nitrogens with one attached hydrogen (secondary N) is 3. The molecule has 3 N–H and O–H groups in total. The van der Waals surface area contributed by atoms with E-state index in [2.05, 4.69) is 47.9 Å². The lowest BCUT2D eigenvalue weighted by Crippen LogP contribution is -2.30. The van der Waals surface area contributed by atoms with Crippen LogP contribution in [0.5, 0.6) is 0 Å². The fourth-order valence-corrected chi connectivity index (χ4v) is 2.51. The number of likely N-dealkylation sites (N-methyl/N-ethyl adjacent to an activating group) is 1. The van der Waals surface area contributed by atoms with Crippen molar-refractivity contribution in [2.75, 3.05) is 13.6 Å². The Kier molecular flexibility index (Phi) is 4.53. The lowest BCUT2D eigenvalue weighted by Gasteiger charge is -2.17. The van der Waals surface area contributed by atoms with Gasteiger partial charge in [-0.1, -0.05) is 37.5 Å². The average molecular weight is 281 g/mol. The second-order valence-corrected chi connectivity index (χ2v) is 4.97. The van der Waals surface area contributed by atoms with E-state index < -0.39 is 0 Å². The van der Waals surface area contributed by atoms with Crippen LogP contribution in [0.2, 0.25) is 0 Å². The molecule has 1 aliphatic rings. The zero-order chi connectivity index (χ0) is 15.4. The maximum atomic E-state index is 4.16. The van der Waals surface area contributed by atoms with E-state index in [1.807, 2.05) is 32.2 Å². The summed E-state index contributed by atoms with van der Waals surface area (Å²) in [4.78, 5) is 3.37. The van der Waals surface area contributed by atoms with Gasteiger partial charge in [0.1, 0.15) is 0 Å². The Bertz CT molecular complexity index is 742. The molecule has 110 valence electrons. The fourth-order valence-electron chi connectivity index (χ4n) is 2.51. The molecular formula is C18H23N3. The molecule has 0 atom stereocenters. The predicted octanol–water partition coefficient (Wildman–Crippen LogP) is 1.86. The third-order valence-electron chi connectivity index (χ3n) is 3.62. The first-order chi connectivity index (χ1) is 10.1. The summed E-state index contributed by atoms with van der Waals surface area (Å²) in [6.07, 6.45) is 10.2. The van der Waals surface area contributed by atoms with Crippen LogP contribution in [0.15, 0.2) is 36.5 Å². The Balaban J connectivity index is 2.76. The molecule has 3 nitrogen and oxygen atoms in total. The van der Waals surface area contributed by atoms with Gasteiger partial charge < -0.3 is 15.6 Å². The van der Waals surface area contributed by atoms with Crippen molar-refractivity contribution in [3.63, 3.8) is 0 Å². The van der Waals surface area contributed by atoms with Gasteiger partial charge in [0.2, 0.25) is 0 Å². The molecular weight excluding hydrogens is 258 g/mol. The van der Waals surface area contributed by atoms with E-state index in [9.17, 15) is 0 Å². The second-order valence-electron chi connectivity index (χ2n) is 4.97. The van der Waals surface area contributed by atoms with E-state index in [1.165, 1.54) is 0 Å². The van der Waals surface area contributed by atoms with Gasteiger partial charge in [-0.05, 0) is 25.5 Å². The summed E-state index contributed by atoms with van der Waals surface area (Å²) in [7, 11) is 1.93. The first-order valence-corrected chi connectivity index (χ1v) is 7.13. The number of aromatic nitrogens is 1. The second kappa shape index (κ2) is 6.35. The molecule has 1 aromatic heterocycles. The molecule has 0 unspecified atom stereocenters. The van der Waals surface area contributed by atoms with Crippen molar-refractivity contribution < 1.29 is 0 Å². The molecule has 0 radical (unpaired) electrons. The van der Waals surface area contributed by atoms with Crippen molar-refractivity contribution in [3.8, 4) is 0 Å². The normalized spacial score (nSPS) is 16.1. The summed E-state index contributed by atoms with van der Waals surface area (Å²) in [5, 5.41) is 8.57. The van der Waals surface area contributed by atoms with Crippen LogP contribution in [0, 0.1) is 0 Å². The summed E-state index contributed by atoms with van der Waals surface area (Å²) in [6, 6.07) is 0. The summed E-state index contributed by atoms with van der Waals surface area (Å²) in [5.74, 6) is 0. The fraction of sp³-hybridized carbons (Fsp3) is 0.222. The molecule has 0 amide bonds. The largest absolute Gasteiger partial charge is 0.387 e. The molecule has 21 heavy (non-hydrogen) atoms. The predicted molar refractivity (Wildman–Crippen MR) is 92.7 cm³/mol. The summed E-state index contributed by atoms with van der Waals surface area (Å²) >= 11 is 0. The molecule has 0 spiro atoms. The van der Waals surface area contributed by atoms with Gasteiger partial charge in [0, 0.05) is 35.4 Å². The van der Waals surface area contributed by atoms with E-state index in [1.54, 1.807) is 0 Å². The highest BCUT2D eigenvalue weighted by Gasteiger charge is 2.16. The van der Waals surface area contributed by atoms with Gasteiger partial charge >= 0.3 is 0 Å². The van der Waals surface area contributed by atoms with Crippen molar-refractivity contribution in [2.24, 2.45) is 0 Å². The number of rotatable bonds is 5. The van der Waals surface area contributed by atoms with Gasteiger partial charge in [-0.15, -0.1) is 0 Å². The van der Waals surface area contributed by atoms with E-state index >= 15 is 0 Å². The van der Waals surface area contributed by atoms with Gasteiger partial charge in [-0.2, -0.15) is 0 Å². The third kappa shape index (κ3) is 2.72. The number of H-pyrrole nitrogens is 1. The smallest absolute Gasteiger partial charge is 0.0698 e. The Labute approximate surface area is 126 Å². The van der Waals surface area contributed by atoms with Crippen LogP contribution in [0.3, 0.4) is 0 Å². The number of allylic oxidation sites excluding steroid dienone is 3. The number of hydrogen-bond donors (Lipinski definition) is 3. The summed E-state index contributed by atoms with van der Waals surface area (Å²) in [5.41, 5.74) is 5.48. The standard InChI is InChI=1S/C18H23N3/c1-6-8-9-12(3)17(19-5)16-13(4)21-18(14(16)7-2)15-10-11-20-15/h6-10,19-21H,2,4,11H2,1,3,5H3/b8-6-,12-9+,17-16-. The molecule has 1 aliphatic heterocycles. The molecule has 0 aromatic carbocycles. The van der Waals surface area contributed by atoms with Crippen molar-refractivity contribution in [3.05, 3.63) is 58.3 Å². The lowest BCUT2D eigenvalue weighted by molar-refractivity contribution is 0.921. The minimum absolute atomic E-state index is 0.895. The van der Waals surface area contributed by atoms with E-state index in [0.717, 1.165) is 45.3 Å². The number of hydrogen-bond acceptors (Lipinski definition) is 2. The molecule has 2 heterocycles. The number of aromatic amines is 1. The van der Waals surface area contributed by atoms with Crippen LogP contribution >= 0.6 is 0 Å². The third-order valence-corrected chi connectivity index (χ3v) is 3.62. The highest BCUT2D eigenvalue weighted by atomic mass is 15.0. The van der Waals surface area contributed by atoms with Gasteiger partial charge in [0.15, 0.2) is 0 Å². The maximum Gasteiger partial charge on any atom is 0.0698 e. The minimum atomic E-state index is 0.895. The highest BCUT2D eigenvalue weighted by molar-refractivity contribution is 5.77. The molecule has 3 heteroatoms. The van der Waals surface area contributed by atoms with Crippen molar-refractivity contribution >= 4 is 24.0 Å². The van der Waals surface area contributed by atoms with Gasteiger partial charge in [0.25, 0.3) is 0 Å². The zero-order valence-electron chi connectivity index (χ0n) is 13.0. The summed E-state index contributed by atoms with van der Waals surface area (Å²) < 4.78 is 0. The lowest BCUT2D eigenvalue weighted by atomic mass is 10.1. The van der Waals surface area contributed by atoms with Crippen LogP contribution in [0.25, 0.3) is 24.0 Å². The molecule has 0 saturated heterocycles. The highest BCUT2D eigenvalue weighted by Crippen LogP contribution is 2.17. The Morgan fingerprint density at radius 2 is 2.14 bits per heavy atom. The first kappa shape index (κ1) is 15.0. The molecule has 0 aliphatic carbocycles. The molecule has 0 fully saturated rings. The van der Waals surface area contributed by atoms with Crippen LogP contribution in [0.4, 0.5) is 0 Å². The van der Waals surface area contributed by atoms with E-state index in [-0.39, 0.29) is 0 Å². The first-order valence-electron chi connectivity index (χ1n) is 7.13. The minimum Gasteiger partial charge on any atom is -0.387 e. The molecule has 1 aromatic rings. The van der Waals surface area contributed by atoms with Gasteiger partial charge in [-0.3, -0.25) is 0 Å². The topological polar surface area (TPSA) is 39.9 Å². The SMILES string of the molecule is C=Cc1c(C2=CCN2)[nH]c(=C)\c1=C(NC)/C(C)=C/C=C\C. The van der Waals surface area contributed by atoms with Crippen LogP contribution in [-0.2, 0) is 0 Å². The Morgan fingerprint density at radius 1 is 1.43 bits per heavy atom. The Hall–Kier alpha value is -2.42. The monoisotopic (exact) mass is 281 g/mol. The molecule has 0 saturated carbocycles. The average Bonchev–Trinajstić information content (AvgIpc) is 2.72. The van der Waals surface area contributed by atoms with Crippen LogP contribution in [0.1, 0.15) is 25.1 Å². The Morgan fingerprint density at radius 3 is 2.62 bits per heavy atom. The van der Waals surface area contributed by atoms with Crippen molar-refractivity contribution in [2.45, 2.75) is 13.8 Å². The van der Waals surface area contributed by atoms with Crippen molar-refractivity contribution in [1.82, 2.24) is 15.6 Å². The zero-order valence-corrected chi connectivity index (χ0v) is 13.0. The maximum absolute atomic E-state index is 4.16. The quantitative estimate of drug-likeness (QED) is 0.721. The van der Waals surface area contributed by atoms with Crippen LogP contribution in [-0.4, -0.2) is 18.6 Å². The van der Waals surface area contributed by atoms with Gasteiger partial charge in [0.05, 0.1) is 11.4 Å². The van der Waals surface area contributed by atoms with Crippen LogP contribution < -0.4 is 21.2 Å². The molecule has 0 bridgehead atoms. The van der Waals surface area contributed by atoms with Crippen molar-refractivity contribution in [1.29, 1.82) is 0 Å². The van der Waals surface area contributed by atoms with E-state index in [0.29, 0.717) is 0 Å². The van der Waals surface area contributed by atoms with E-state index in [4.69, 9.17) is 0 Å².